The van der Waals surface area contributed by atoms with Crippen LogP contribution in [-0.2, 0) is 13.0 Å². The van der Waals surface area contributed by atoms with Crippen molar-refractivity contribution in [3.8, 4) is 22.8 Å². The van der Waals surface area contributed by atoms with Crippen molar-refractivity contribution in [3.63, 3.8) is 0 Å². The standard InChI is InChI=1S/C27H38N4O2/c1-32-25-7-3-19(13-26(25)33-2)24-17-31-16-20(4-8-27(31)29-24)18-9-11-30(12-10-18)23-14-21-5-6-22(15-23)28-21/h3,7,13,17-18,20-23,28H,4-6,8-12,14-16H2,1-2H3/t20-,21?,22?,23?/m1/s1. The van der Waals surface area contributed by atoms with Gasteiger partial charge >= 0.3 is 0 Å². The van der Waals surface area contributed by atoms with Crippen LogP contribution in [0.25, 0.3) is 11.3 Å². The van der Waals surface area contributed by atoms with Crippen LogP contribution in [0.15, 0.2) is 24.4 Å². The number of hydrogen-bond acceptors (Lipinski definition) is 5. The molecule has 178 valence electrons. The Bertz CT molecular complexity index is 968. The first-order valence-corrected chi connectivity index (χ1v) is 13.0. The average Bonchev–Trinajstić information content (AvgIpc) is 3.45. The molecule has 1 aromatic heterocycles. The molecule has 3 saturated heterocycles. The van der Waals surface area contributed by atoms with Gasteiger partial charge in [-0.15, -0.1) is 0 Å². The van der Waals surface area contributed by atoms with Crippen molar-refractivity contribution in [1.29, 1.82) is 0 Å². The van der Waals surface area contributed by atoms with Crippen molar-refractivity contribution in [2.75, 3.05) is 27.3 Å². The van der Waals surface area contributed by atoms with Crippen LogP contribution in [0.3, 0.4) is 0 Å². The summed E-state index contributed by atoms with van der Waals surface area (Å²) < 4.78 is 13.3. The van der Waals surface area contributed by atoms with Crippen molar-refractivity contribution < 1.29 is 9.47 Å². The maximum Gasteiger partial charge on any atom is 0.161 e. The quantitative estimate of drug-likeness (QED) is 0.743. The van der Waals surface area contributed by atoms with Crippen molar-refractivity contribution >= 4 is 0 Å². The zero-order valence-electron chi connectivity index (χ0n) is 20.1. The summed E-state index contributed by atoms with van der Waals surface area (Å²) in [6.45, 7) is 3.73. The van der Waals surface area contributed by atoms with Crippen molar-refractivity contribution in [2.45, 2.75) is 76.0 Å². The van der Waals surface area contributed by atoms with E-state index in [0.29, 0.717) is 0 Å². The number of ether oxygens (including phenoxy) is 2. The zero-order chi connectivity index (χ0) is 22.4. The van der Waals surface area contributed by atoms with Gasteiger partial charge < -0.3 is 24.3 Å². The van der Waals surface area contributed by atoms with Gasteiger partial charge in [-0.05, 0) is 88.1 Å². The smallest absolute Gasteiger partial charge is 0.161 e. The van der Waals surface area contributed by atoms with Gasteiger partial charge in [-0.2, -0.15) is 0 Å². The number of aromatic nitrogens is 2. The molecule has 2 bridgehead atoms. The molecular formula is C27H38N4O2. The Morgan fingerprint density at radius 2 is 1.67 bits per heavy atom. The van der Waals surface area contributed by atoms with Crippen molar-refractivity contribution in [2.24, 2.45) is 11.8 Å². The Kier molecular flexibility index (Phi) is 5.83. The predicted molar refractivity (Wildman–Crippen MR) is 130 cm³/mol. The fraction of sp³-hybridized carbons (Fsp3) is 0.667. The largest absolute Gasteiger partial charge is 0.493 e. The summed E-state index contributed by atoms with van der Waals surface area (Å²) in [4.78, 5) is 7.81. The molecule has 1 aromatic carbocycles. The van der Waals surface area contributed by atoms with E-state index in [1.807, 2.05) is 12.1 Å². The summed E-state index contributed by atoms with van der Waals surface area (Å²) in [7, 11) is 3.36. The molecule has 2 aromatic rings. The Morgan fingerprint density at radius 3 is 2.39 bits per heavy atom. The van der Waals surface area contributed by atoms with E-state index in [0.717, 1.165) is 65.7 Å². The Morgan fingerprint density at radius 1 is 0.909 bits per heavy atom. The van der Waals surface area contributed by atoms with Crippen molar-refractivity contribution in [3.05, 3.63) is 30.2 Å². The second kappa shape index (κ2) is 8.95. The minimum absolute atomic E-state index is 0.757. The van der Waals surface area contributed by atoms with Gasteiger partial charge in [-0.3, -0.25) is 0 Å². The molecule has 4 aliphatic heterocycles. The van der Waals surface area contributed by atoms with E-state index in [2.05, 4.69) is 27.0 Å². The maximum absolute atomic E-state index is 5.50. The molecule has 4 aliphatic rings. The molecule has 0 amide bonds. The van der Waals surface area contributed by atoms with Gasteiger partial charge in [0.05, 0.1) is 19.9 Å². The summed E-state index contributed by atoms with van der Waals surface area (Å²) in [5.74, 6) is 4.40. The van der Waals surface area contributed by atoms with Gasteiger partial charge in [0.15, 0.2) is 11.5 Å². The predicted octanol–water partition coefficient (Wildman–Crippen LogP) is 4.12. The highest BCUT2D eigenvalue weighted by molar-refractivity contribution is 5.63. The topological polar surface area (TPSA) is 51.5 Å². The van der Waals surface area contributed by atoms with Crippen LogP contribution in [0.2, 0.25) is 0 Å². The molecule has 3 atom stereocenters. The molecule has 0 radical (unpaired) electrons. The number of likely N-dealkylation sites (tertiary alicyclic amines) is 1. The number of hydrogen-bond donors (Lipinski definition) is 1. The second-order valence-electron chi connectivity index (χ2n) is 10.7. The molecule has 6 heteroatoms. The van der Waals surface area contributed by atoms with Gasteiger partial charge in [-0.25, -0.2) is 4.98 Å². The number of benzene rings is 1. The molecule has 6 nitrogen and oxygen atoms in total. The van der Waals surface area contributed by atoms with E-state index < -0.39 is 0 Å². The first-order chi connectivity index (χ1) is 16.2. The van der Waals surface area contributed by atoms with E-state index in [1.54, 1.807) is 14.2 Å². The summed E-state index contributed by atoms with van der Waals surface area (Å²) >= 11 is 0. The Labute approximate surface area is 197 Å². The lowest BCUT2D eigenvalue weighted by Gasteiger charge is -2.43. The summed E-state index contributed by atoms with van der Waals surface area (Å²) in [6, 6.07) is 8.51. The minimum Gasteiger partial charge on any atom is -0.493 e. The van der Waals surface area contributed by atoms with E-state index in [-0.39, 0.29) is 0 Å². The second-order valence-corrected chi connectivity index (χ2v) is 10.7. The van der Waals surface area contributed by atoms with Crippen LogP contribution < -0.4 is 14.8 Å². The van der Waals surface area contributed by atoms with Gasteiger partial charge in [0.2, 0.25) is 0 Å². The summed E-state index contributed by atoms with van der Waals surface area (Å²) in [6.07, 6.45) is 12.9. The van der Waals surface area contributed by atoms with Crippen LogP contribution >= 0.6 is 0 Å². The van der Waals surface area contributed by atoms with Crippen LogP contribution in [0.4, 0.5) is 0 Å². The number of rotatable bonds is 5. The molecule has 33 heavy (non-hydrogen) atoms. The number of fused-ring (bicyclic) bond motifs is 3. The van der Waals surface area contributed by atoms with E-state index in [4.69, 9.17) is 14.5 Å². The highest BCUT2D eigenvalue weighted by atomic mass is 16.5. The molecule has 6 rings (SSSR count). The average molecular weight is 451 g/mol. The zero-order valence-corrected chi connectivity index (χ0v) is 20.1. The van der Waals surface area contributed by atoms with E-state index >= 15 is 0 Å². The Balaban J connectivity index is 1.09. The minimum atomic E-state index is 0.757. The highest BCUT2D eigenvalue weighted by Crippen LogP contribution is 2.37. The fourth-order valence-corrected chi connectivity index (χ4v) is 7.07. The normalized spacial score (nSPS) is 30.2. The lowest BCUT2D eigenvalue weighted by Crippen LogP contribution is -2.51. The number of aryl methyl sites for hydroxylation is 1. The maximum atomic E-state index is 5.50. The van der Waals surface area contributed by atoms with E-state index in [1.165, 1.54) is 63.9 Å². The van der Waals surface area contributed by atoms with Crippen LogP contribution in [0.1, 0.15) is 50.8 Å². The third kappa shape index (κ3) is 4.17. The number of methoxy groups -OCH3 is 2. The van der Waals surface area contributed by atoms with E-state index in [9.17, 15) is 0 Å². The molecule has 0 aliphatic carbocycles. The van der Waals surface area contributed by atoms with Crippen LogP contribution in [0, 0.1) is 11.8 Å². The molecule has 2 unspecified atom stereocenters. The first-order valence-electron chi connectivity index (χ1n) is 13.0. The molecular weight excluding hydrogens is 412 g/mol. The van der Waals surface area contributed by atoms with Gasteiger partial charge in [0.25, 0.3) is 0 Å². The van der Waals surface area contributed by atoms with Gasteiger partial charge in [0, 0.05) is 42.9 Å². The first kappa shape index (κ1) is 21.5. The SMILES string of the molecule is COc1ccc(-c2cn3c(n2)CC[C@@H](C2CCN(C4CC5CCC(C4)N5)CC2)C3)cc1OC. The third-order valence-corrected chi connectivity index (χ3v) is 8.91. The van der Waals surface area contributed by atoms with Crippen molar-refractivity contribution in [1.82, 2.24) is 19.8 Å². The Hall–Kier alpha value is -2.05. The number of nitrogens with zero attached hydrogens (tertiary/aromatic N) is 3. The van der Waals surface area contributed by atoms with Gasteiger partial charge in [-0.1, -0.05) is 0 Å². The molecule has 0 spiro atoms. The monoisotopic (exact) mass is 450 g/mol. The third-order valence-electron chi connectivity index (χ3n) is 8.91. The fourth-order valence-electron chi connectivity index (χ4n) is 7.07. The number of piperidine rings is 2. The number of nitrogens with one attached hydrogen (secondary N) is 1. The molecule has 3 fully saturated rings. The molecule has 0 saturated carbocycles. The molecule has 1 N–H and O–H groups in total. The molecule has 5 heterocycles. The van der Waals surface area contributed by atoms with Gasteiger partial charge in [0.1, 0.15) is 5.82 Å². The lowest BCUT2D eigenvalue weighted by molar-refractivity contribution is 0.0725. The number of imidazole rings is 1. The summed E-state index contributed by atoms with van der Waals surface area (Å²) in [5.41, 5.74) is 2.14. The van der Waals surface area contributed by atoms with Crippen LogP contribution in [-0.4, -0.2) is 59.9 Å². The van der Waals surface area contributed by atoms with Crippen LogP contribution in [0.5, 0.6) is 11.5 Å². The highest BCUT2D eigenvalue weighted by Gasteiger charge is 2.38. The lowest BCUT2D eigenvalue weighted by atomic mass is 9.79. The summed E-state index contributed by atoms with van der Waals surface area (Å²) in [5, 5.41) is 3.81.